The Morgan fingerprint density at radius 1 is 0.585 bits per heavy atom. The molecule has 2 aliphatic heterocycles. The fourth-order valence-electron chi connectivity index (χ4n) is 6.50. The highest BCUT2D eigenvalue weighted by molar-refractivity contribution is 6.07. The van der Waals surface area contributed by atoms with Crippen molar-refractivity contribution in [2.45, 2.75) is 13.8 Å². The number of likely N-dealkylation sites (N-methyl/N-ethyl adjacent to an activating group) is 2. The number of nitrogens with one attached hydrogen (secondary N) is 1. The van der Waals surface area contributed by atoms with E-state index in [0.717, 1.165) is 83.7 Å². The van der Waals surface area contributed by atoms with E-state index < -0.39 is 5.97 Å². The van der Waals surface area contributed by atoms with E-state index in [0.29, 0.717) is 16.6 Å². The number of aryl methyl sites for hydroxylation is 2. The number of pyridine rings is 2. The van der Waals surface area contributed by atoms with Gasteiger partial charge in [0.25, 0.3) is 5.91 Å². The number of hydrogen-bond donors (Lipinski definition) is 2. The molecule has 0 saturated carbocycles. The van der Waals surface area contributed by atoms with Gasteiger partial charge in [-0.3, -0.25) is 4.79 Å². The first-order valence-corrected chi connectivity index (χ1v) is 18.2. The number of nitrogens with zero attached hydrogens (tertiary/aromatic N) is 5. The number of carbonyl (C=O) groups excluding carboxylic acids is 1. The van der Waals surface area contributed by atoms with Crippen molar-refractivity contribution < 1.29 is 14.7 Å². The maximum atomic E-state index is 13.3. The molecule has 8 rings (SSSR count). The van der Waals surface area contributed by atoms with Crippen molar-refractivity contribution in [1.29, 1.82) is 0 Å². The zero-order valence-corrected chi connectivity index (χ0v) is 31.0. The van der Waals surface area contributed by atoms with Gasteiger partial charge in [0.1, 0.15) is 0 Å². The van der Waals surface area contributed by atoms with E-state index in [1.54, 1.807) is 6.07 Å². The predicted molar refractivity (Wildman–Crippen MR) is 215 cm³/mol. The van der Waals surface area contributed by atoms with Crippen LogP contribution in [0.5, 0.6) is 0 Å². The van der Waals surface area contributed by atoms with E-state index >= 15 is 0 Å². The summed E-state index contributed by atoms with van der Waals surface area (Å²) in [7, 11) is 4.25. The zero-order valence-electron chi connectivity index (χ0n) is 31.0. The first-order chi connectivity index (χ1) is 25.7. The lowest BCUT2D eigenvalue weighted by atomic mass is 10.0. The second kappa shape index (κ2) is 17.4. The molecule has 4 heterocycles. The van der Waals surface area contributed by atoms with Crippen molar-refractivity contribution >= 4 is 33.7 Å². The summed E-state index contributed by atoms with van der Waals surface area (Å²) in [5.41, 5.74) is 8.25. The Hall–Kier alpha value is -5.48. The highest BCUT2D eigenvalue weighted by atomic mass is 16.4. The molecule has 53 heavy (non-hydrogen) atoms. The van der Waals surface area contributed by atoms with Crippen LogP contribution in [-0.4, -0.2) is 108 Å². The minimum atomic E-state index is -0.930. The van der Waals surface area contributed by atoms with Gasteiger partial charge < -0.3 is 25.1 Å². The van der Waals surface area contributed by atoms with Gasteiger partial charge in [0.2, 0.25) is 0 Å². The fraction of sp³-hybridized carbons (Fsp3) is 0.273. The van der Waals surface area contributed by atoms with Crippen molar-refractivity contribution in [3.05, 3.63) is 131 Å². The first kappa shape index (κ1) is 37.3. The Balaban J connectivity index is 0.000000157. The SMILES string of the molecule is CN1CCNCC1.Cc1ccc2nc(-c3ccccc3)cc(C(=O)N3CCN(C)CC3)c2c1.Cc1ccc2nc(-c3ccccc3)cc(C(=O)O)c2c1. The number of amides is 1. The molecule has 6 aromatic rings. The molecule has 2 aliphatic rings. The van der Waals surface area contributed by atoms with Gasteiger partial charge in [0.05, 0.1) is 33.5 Å². The van der Waals surface area contributed by atoms with Crippen LogP contribution >= 0.6 is 0 Å². The summed E-state index contributed by atoms with van der Waals surface area (Å²) in [5.74, 6) is -0.825. The van der Waals surface area contributed by atoms with Crippen LogP contribution in [0.3, 0.4) is 0 Å². The summed E-state index contributed by atoms with van der Waals surface area (Å²) in [4.78, 5) is 40.7. The number of rotatable bonds is 4. The second-order valence-electron chi connectivity index (χ2n) is 13.8. The lowest BCUT2D eigenvalue weighted by molar-refractivity contribution is 0.0664. The molecule has 0 spiro atoms. The summed E-state index contributed by atoms with van der Waals surface area (Å²) in [6.45, 7) is 12.1. The molecular weight excluding hydrogens is 661 g/mol. The van der Waals surface area contributed by atoms with E-state index in [9.17, 15) is 14.7 Å². The average Bonchev–Trinajstić information content (AvgIpc) is 3.18. The van der Waals surface area contributed by atoms with Crippen LogP contribution in [0.2, 0.25) is 0 Å². The standard InChI is InChI=1S/C22H23N3O.C17H13NO2.C5H12N2/c1-16-8-9-20-18(14-16)19(22(26)25-12-10-24(2)11-13-25)15-21(23-20)17-6-4-3-5-7-17;1-11-7-8-15-13(9-11)14(17(19)20)10-16(18-15)12-5-3-2-4-6-12;1-7-4-2-6-3-5-7/h3-9,14-15H,10-13H2,1-2H3;2-10H,1H3,(H,19,20);6H,2-5H2,1H3. The van der Waals surface area contributed by atoms with Gasteiger partial charge in [-0.15, -0.1) is 0 Å². The number of piperazine rings is 2. The molecule has 9 heteroatoms. The number of carboxylic acid groups (broad SMARTS) is 1. The molecule has 0 bridgehead atoms. The Labute approximate surface area is 311 Å². The van der Waals surface area contributed by atoms with Gasteiger partial charge in [0, 0.05) is 74.3 Å². The molecule has 2 fully saturated rings. The van der Waals surface area contributed by atoms with Gasteiger partial charge >= 0.3 is 5.97 Å². The minimum Gasteiger partial charge on any atom is -0.478 e. The van der Waals surface area contributed by atoms with Crippen molar-refractivity contribution in [2.75, 3.05) is 66.5 Å². The largest absolute Gasteiger partial charge is 0.478 e. The number of fused-ring (bicyclic) bond motifs is 2. The molecule has 2 N–H and O–H groups in total. The zero-order chi connectivity index (χ0) is 37.3. The monoisotopic (exact) mass is 708 g/mol. The number of aromatic carboxylic acids is 1. The Morgan fingerprint density at radius 2 is 1.04 bits per heavy atom. The number of hydrogen-bond acceptors (Lipinski definition) is 7. The highest BCUT2D eigenvalue weighted by Gasteiger charge is 2.23. The third-order valence-corrected chi connectivity index (χ3v) is 9.66. The van der Waals surface area contributed by atoms with Crippen LogP contribution in [0.1, 0.15) is 31.8 Å². The van der Waals surface area contributed by atoms with Crippen molar-refractivity contribution in [3.8, 4) is 22.5 Å². The van der Waals surface area contributed by atoms with Crippen LogP contribution in [-0.2, 0) is 0 Å². The summed E-state index contributed by atoms with van der Waals surface area (Å²) in [6, 6.07) is 35.0. The first-order valence-electron chi connectivity index (χ1n) is 18.2. The molecule has 4 aromatic carbocycles. The molecule has 1 amide bonds. The van der Waals surface area contributed by atoms with E-state index in [4.69, 9.17) is 4.98 Å². The molecule has 0 unspecified atom stereocenters. The highest BCUT2D eigenvalue weighted by Crippen LogP contribution is 2.28. The van der Waals surface area contributed by atoms with Crippen LogP contribution in [0.15, 0.2) is 109 Å². The normalized spacial score (nSPS) is 14.9. The van der Waals surface area contributed by atoms with Crippen molar-refractivity contribution in [1.82, 2.24) is 30.0 Å². The lowest BCUT2D eigenvalue weighted by Gasteiger charge is -2.32. The van der Waals surface area contributed by atoms with Crippen molar-refractivity contribution in [3.63, 3.8) is 0 Å². The van der Waals surface area contributed by atoms with Gasteiger partial charge in [-0.05, 0) is 64.3 Å². The summed E-state index contributed by atoms with van der Waals surface area (Å²) < 4.78 is 0. The number of benzene rings is 4. The maximum Gasteiger partial charge on any atom is 0.336 e. The molecule has 2 saturated heterocycles. The molecule has 0 aliphatic carbocycles. The third-order valence-electron chi connectivity index (χ3n) is 9.66. The third kappa shape index (κ3) is 9.50. The fourth-order valence-corrected chi connectivity index (χ4v) is 6.50. The van der Waals surface area contributed by atoms with Gasteiger partial charge in [-0.1, -0.05) is 83.9 Å². The molecule has 0 radical (unpaired) electrons. The van der Waals surface area contributed by atoms with Crippen LogP contribution in [0, 0.1) is 13.8 Å². The summed E-state index contributed by atoms with van der Waals surface area (Å²) >= 11 is 0. The van der Waals surface area contributed by atoms with E-state index in [1.165, 1.54) is 13.1 Å². The van der Waals surface area contributed by atoms with Gasteiger partial charge in [-0.2, -0.15) is 0 Å². The predicted octanol–water partition coefficient (Wildman–Crippen LogP) is 7.03. The lowest BCUT2D eigenvalue weighted by Crippen LogP contribution is -2.47. The van der Waals surface area contributed by atoms with Gasteiger partial charge in [0.15, 0.2) is 0 Å². The molecule has 0 atom stereocenters. The molecule has 2 aromatic heterocycles. The Kier molecular flexibility index (Phi) is 12.2. The summed E-state index contributed by atoms with van der Waals surface area (Å²) in [5, 5.41) is 14.3. The van der Waals surface area contributed by atoms with Crippen molar-refractivity contribution in [2.24, 2.45) is 0 Å². The van der Waals surface area contributed by atoms with Gasteiger partial charge in [-0.25, -0.2) is 14.8 Å². The van der Waals surface area contributed by atoms with E-state index in [2.05, 4.69) is 47.2 Å². The quantitative estimate of drug-likeness (QED) is 0.202. The smallest absolute Gasteiger partial charge is 0.336 e. The number of carboxylic acids is 1. The Morgan fingerprint density at radius 3 is 1.49 bits per heavy atom. The minimum absolute atomic E-state index is 0.105. The van der Waals surface area contributed by atoms with Crippen LogP contribution in [0.25, 0.3) is 44.3 Å². The Bertz CT molecular complexity index is 2180. The number of carbonyl (C=O) groups is 2. The maximum absolute atomic E-state index is 13.3. The topological polar surface area (TPSA) is 102 Å². The van der Waals surface area contributed by atoms with Crippen LogP contribution in [0.4, 0.5) is 0 Å². The number of aromatic nitrogens is 2. The van der Waals surface area contributed by atoms with Crippen LogP contribution < -0.4 is 5.32 Å². The molecule has 272 valence electrons. The van der Waals surface area contributed by atoms with E-state index in [-0.39, 0.29) is 11.5 Å². The summed E-state index contributed by atoms with van der Waals surface area (Å²) in [6.07, 6.45) is 0. The second-order valence-corrected chi connectivity index (χ2v) is 13.8. The van der Waals surface area contributed by atoms with E-state index in [1.807, 2.05) is 109 Å². The average molecular weight is 709 g/mol. The molecule has 9 nitrogen and oxygen atoms in total. The molecular formula is C44H48N6O3.